The second kappa shape index (κ2) is 8.34. The molecule has 3 aromatic heterocycles. The highest BCUT2D eigenvalue weighted by Gasteiger charge is 2.28. The molecular weight excluding hydrogens is 433 g/mol. The largest absolute Gasteiger partial charge is 0.454 e. The Hall–Kier alpha value is -3.57. The van der Waals surface area contributed by atoms with Gasteiger partial charge in [0.25, 0.3) is 0 Å². The van der Waals surface area contributed by atoms with Crippen molar-refractivity contribution in [3.05, 3.63) is 48.5 Å². The van der Waals surface area contributed by atoms with Gasteiger partial charge in [0, 0.05) is 48.1 Å². The molecule has 0 amide bonds. The lowest BCUT2D eigenvalue weighted by molar-refractivity contribution is 0.174. The highest BCUT2D eigenvalue weighted by atomic mass is 16.7. The van der Waals surface area contributed by atoms with Gasteiger partial charge < -0.3 is 24.6 Å². The monoisotopic (exact) mass is 459 g/mol. The third-order valence-corrected chi connectivity index (χ3v) is 6.55. The Balaban J connectivity index is 1.44. The van der Waals surface area contributed by atoms with E-state index in [1.54, 1.807) is 4.68 Å². The molecule has 0 bridgehead atoms. The summed E-state index contributed by atoms with van der Waals surface area (Å²) in [7, 11) is 1.42. The topological polar surface area (TPSA) is 102 Å². The van der Waals surface area contributed by atoms with Crippen molar-refractivity contribution in [1.82, 2.24) is 29.2 Å². The van der Waals surface area contributed by atoms with Crippen molar-refractivity contribution in [2.24, 2.45) is 7.05 Å². The summed E-state index contributed by atoms with van der Waals surface area (Å²) in [5, 5.41) is 22.6. The van der Waals surface area contributed by atoms with E-state index in [-0.39, 0.29) is 12.7 Å². The summed E-state index contributed by atoms with van der Waals surface area (Å²) in [4.78, 5) is 7.17. The maximum Gasteiger partial charge on any atom is 0.376 e. The fraction of sp³-hybridized carbons (Fsp3) is 0.348. The Labute approximate surface area is 197 Å². The molecule has 0 aliphatic carbocycles. The van der Waals surface area contributed by atoms with Crippen LogP contribution in [0.25, 0.3) is 16.8 Å². The molecule has 11 heteroatoms. The van der Waals surface area contributed by atoms with Crippen LogP contribution in [-0.4, -0.2) is 61.1 Å². The van der Waals surface area contributed by atoms with Gasteiger partial charge in [-0.15, -0.1) is 0 Å². The molecule has 2 aliphatic heterocycles. The maximum absolute atomic E-state index is 10.1. The Bertz CT molecular complexity index is 1350. The predicted molar refractivity (Wildman–Crippen MR) is 128 cm³/mol. The van der Waals surface area contributed by atoms with Crippen LogP contribution in [0, 0.1) is 0 Å². The summed E-state index contributed by atoms with van der Waals surface area (Å²) in [5.74, 6) is 2.47. The molecule has 34 heavy (non-hydrogen) atoms. The van der Waals surface area contributed by atoms with E-state index < -0.39 is 7.05 Å². The lowest BCUT2D eigenvalue weighted by atomic mass is 9.80. The maximum atomic E-state index is 10.1. The van der Waals surface area contributed by atoms with E-state index in [0.29, 0.717) is 5.75 Å². The molecule has 174 valence electrons. The number of benzene rings is 1. The molecule has 1 unspecified atom stereocenters. The van der Waals surface area contributed by atoms with E-state index in [2.05, 4.69) is 26.4 Å². The van der Waals surface area contributed by atoms with Crippen LogP contribution < -0.4 is 14.8 Å². The van der Waals surface area contributed by atoms with Crippen molar-refractivity contribution >= 4 is 24.2 Å². The molecule has 2 N–H and O–H groups in total. The molecule has 1 fully saturated rings. The van der Waals surface area contributed by atoms with Crippen molar-refractivity contribution < 1.29 is 14.5 Å². The first-order valence-electron chi connectivity index (χ1n) is 11.5. The van der Waals surface area contributed by atoms with Crippen LogP contribution in [0.2, 0.25) is 6.82 Å². The van der Waals surface area contributed by atoms with Gasteiger partial charge in [-0.25, -0.2) is 4.98 Å². The minimum absolute atomic E-state index is 0.210. The van der Waals surface area contributed by atoms with Gasteiger partial charge in [-0.1, -0.05) is 0 Å². The SMILES string of the molecule is CB(O)N1CCCC(c2cc(Nc3ccc4c(c3)OCO4)n3ncc(-c4cnn(C)c4)c3n2)C1. The van der Waals surface area contributed by atoms with E-state index in [4.69, 9.17) is 14.5 Å². The molecule has 1 saturated heterocycles. The number of nitrogens with one attached hydrogen (secondary N) is 1. The Morgan fingerprint density at radius 3 is 2.85 bits per heavy atom. The van der Waals surface area contributed by atoms with Crippen LogP contribution in [0.1, 0.15) is 24.5 Å². The smallest absolute Gasteiger partial charge is 0.376 e. The third-order valence-electron chi connectivity index (χ3n) is 6.55. The van der Waals surface area contributed by atoms with Gasteiger partial charge in [0.2, 0.25) is 6.79 Å². The van der Waals surface area contributed by atoms with Gasteiger partial charge >= 0.3 is 7.05 Å². The zero-order valence-corrected chi connectivity index (χ0v) is 19.2. The summed E-state index contributed by atoms with van der Waals surface area (Å²) < 4.78 is 14.6. The second-order valence-corrected chi connectivity index (χ2v) is 8.92. The first kappa shape index (κ1) is 21.0. The van der Waals surface area contributed by atoms with Crippen molar-refractivity contribution in [2.75, 3.05) is 25.2 Å². The molecule has 4 aromatic rings. The van der Waals surface area contributed by atoms with Crippen molar-refractivity contribution in [2.45, 2.75) is 25.6 Å². The standard InChI is InChI=1S/C23H26BN7O3/c1-24(32)30-7-3-4-15(13-30)19-9-22(27-17-5-6-20-21(8-17)34-14-33-20)31-23(28-19)18(11-26-31)16-10-25-29(2)12-16/h5-6,8-12,15,27,32H,3-4,7,13-14H2,1-2H3. The van der Waals surface area contributed by atoms with Crippen LogP contribution in [0.4, 0.5) is 11.5 Å². The Morgan fingerprint density at radius 2 is 2.03 bits per heavy atom. The van der Waals surface area contributed by atoms with Gasteiger partial charge in [-0.2, -0.15) is 14.7 Å². The zero-order valence-electron chi connectivity index (χ0n) is 19.2. The summed E-state index contributed by atoms with van der Waals surface area (Å²) in [5.41, 5.74) is 4.50. The number of hydrogen-bond donors (Lipinski definition) is 2. The highest BCUT2D eigenvalue weighted by molar-refractivity contribution is 6.45. The van der Waals surface area contributed by atoms with E-state index in [1.807, 2.05) is 55.2 Å². The van der Waals surface area contributed by atoms with Gasteiger partial charge in [0.05, 0.1) is 18.1 Å². The number of rotatable bonds is 5. The molecule has 6 rings (SSSR count). The molecule has 10 nitrogen and oxygen atoms in total. The number of anilines is 2. The molecule has 0 saturated carbocycles. The van der Waals surface area contributed by atoms with Crippen LogP contribution in [-0.2, 0) is 7.05 Å². The third kappa shape index (κ3) is 3.76. The highest BCUT2D eigenvalue weighted by Crippen LogP contribution is 2.36. The van der Waals surface area contributed by atoms with Crippen LogP contribution >= 0.6 is 0 Å². The van der Waals surface area contributed by atoms with Crippen LogP contribution in [0.5, 0.6) is 11.5 Å². The fourth-order valence-electron chi connectivity index (χ4n) is 4.75. The average molecular weight is 459 g/mol. The minimum atomic E-state index is -0.473. The number of hydrogen-bond acceptors (Lipinski definition) is 8. The number of aromatic nitrogens is 5. The predicted octanol–water partition coefficient (Wildman–Crippen LogP) is 2.89. The number of aryl methyl sites for hydroxylation is 1. The summed E-state index contributed by atoms with van der Waals surface area (Å²) in [6.07, 6.45) is 7.66. The minimum Gasteiger partial charge on any atom is -0.454 e. The van der Waals surface area contributed by atoms with Crippen molar-refractivity contribution in [3.8, 4) is 22.6 Å². The first-order valence-corrected chi connectivity index (χ1v) is 11.5. The molecule has 1 atom stereocenters. The Kier molecular flexibility index (Phi) is 5.15. The second-order valence-electron chi connectivity index (χ2n) is 8.92. The summed E-state index contributed by atoms with van der Waals surface area (Å²) in [6, 6.07) is 7.85. The lowest BCUT2D eigenvalue weighted by Crippen LogP contribution is -2.43. The average Bonchev–Trinajstić information content (AvgIpc) is 3.58. The fourth-order valence-corrected chi connectivity index (χ4v) is 4.75. The Morgan fingerprint density at radius 1 is 1.15 bits per heavy atom. The van der Waals surface area contributed by atoms with E-state index in [0.717, 1.165) is 65.7 Å². The van der Waals surface area contributed by atoms with E-state index in [9.17, 15) is 5.02 Å². The van der Waals surface area contributed by atoms with Crippen LogP contribution in [0.15, 0.2) is 42.9 Å². The van der Waals surface area contributed by atoms with Gasteiger partial charge in [-0.05, 0) is 44.9 Å². The van der Waals surface area contributed by atoms with Gasteiger partial charge in [0.15, 0.2) is 17.1 Å². The molecule has 5 heterocycles. The number of ether oxygens (including phenoxy) is 2. The van der Waals surface area contributed by atoms with Crippen LogP contribution in [0.3, 0.4) is 0 Å². The van der Waals surface area contributed by atoms with Gasteiger partial charge in [-0.3, -0.25) is 4.68 Å². The summed E-state index contributed by atoms with van der Waals surface area (Å²) >= 11 is 0. The molecular formula is C23H26BN7O3. The number of piperidine rings is 1. The lowest BCUT2D eigenvalue weighted by Gasteiger charge is -2.33. The molecule has 1 aromatic carbocycles. The van der Waals surface area contributed by atoms with E-state index >= 15 is 0 Å². The quantitative estimate of drug-likeness (QED) is 0.440. The van der Waals surface area contributed by atoms with Gasteiger partial charge in [0.1, 0.15) is 5.82 Å². The number of nitrogens with zero attached hydrogens (tertiary/aromatic N) is 6. The number of fused-ring (bicyclic) bond motifs is 2. The van der Waals surface area contributed by atoms with Crippen molar-refractivity contribution in [3.63, 3.8) is 0 Å². The normalized spacial score (nSPS) is 17.9. The summed E-state index contributed by atoms with van der Waals surface area (Å²) in [6.45, 7) is 3.72. The molecule has 0 radical (unpaired) electrons. The first-order chi connectivity index (χ1) is 16.5. The molecule has 0 spiro atoms. The molecule has 2 aliphatic rings. The zero-order chi connectivity index (χ0) is 23.2. The van der Waals surface area contributed by atoms with Crippen molar-refractivity contribution in [1.29, 1.82) is 0 Å². The van der Waals surface area contributed by atoms with E-state index in [1.165, 1.54) is 0 Å².